The number of hydrogen-bond acceptors (Lipinski definition) is 11. The van der Waals surface area contributed by atoms with Crippen molar-refractivity contribution in [3.63, 3.8) is 0 Å². The first-order valence-corrected chi connectivity index (χ1v) is 10.5. The van der Waals surface area contributed by atoms with E-state index in [0.717, 1.165) is 25.6 Å². The van der Waals surface area contributed by atoms with Crippen molar-refractivity contribution < 1.29 is 41.7 Å². The average Bonchev–Trinajstić information content (AvgIpc) is 3.13. The number of β-lactam (4-membered cyclic amide) rings is 1. The normalized spacial score (nSPS) is 19.0. The first-order chi connectivity index (χ1) is 14.0. The molecule has 0 saturated carbocycles. The van der Waals surface area contributed by atoms with Crippen molar-refractivity contribution >= 4 is 67.8 Å². The van der Waals surface area contributed by atoms with Crippen LogP contribution in [0.25, 0.3) is 0 Å². The minimum atomic E-state index is -5.07. The van der Waals surface area contributed by atoms with Crippen molar-refractivity contribution in [2.75, 3.05) is 25.4 Å². The van der Waals surface area contributed by atoms with Gasteiger partial charge in [0.25, 0.3) is 11.8 Å². The number of hydrogen-bond donors (Lipinski definition) is 3. The fraction of sp³-hybridized carbons (Fsp3) is 0.385. The molecule has 0 bridgehead atoms. The molecule has 1 saturated heterocycles. The number of nitrogens with one attached hydrogen (secondary N) is 2. The van der Waals surface area contributed by atoms with Crippen LogP contribution in [-0.2, 0) is 39.1 Å². The van der Waals surface area contributed by atoms with E-state index in [9.17, 15) is 27.6 Å². The number of carbonyl (C=O) groups excluding carboxylic acids is 4. The highest BCUT2D eigenvalue weighted by atomic mass is 35.5. The number of aromatic nitrogens is 1. The molecule has 17 heteroatoms. The molecule has 0 aliphatic carbocycles. The van der Waals surface area contributed by atoms with Crippen molar-refractivity contribution in [1.82, 2.24) is 14.6 Å². The molecule has 3 amide bonds. The minimum Gasteiger partial charge on any atom is -0.467 e. The predicted molar refractivity (Wildman–Crippen MR) is 101 cm³/mol. The van der Waals surface area contributed by atoms with Crippen LogP contribution in [0.5, 0.6) is 0 Å². The van der Waals surface area contributed by atoms with Crippen LogP contribution < -0.4 is 10.6 Å². The van der Waals surface area contributed by atoms with Crippen LogP contribution in [0.4, 0.5) is 5.13 Å². The Balaban J connectivity index is 2.25. The van der Waals surface area contributed by atoms with Gasteiger partial charge < -0.3 is 20.2 Å². The summed E-state index contributed by atoms with van der Waals surface area (Å²) in [6.45, 7) is 0. The molecule has 1 aliphatic heterocycles. The Morgan fingerprint density at radius 3 is 2.60 bits per heavy atom. The van der Waals surface area contributed by atoms with Gasteiger partial charge in [0.05, 0.1) is 7.11 Å². The number of amides is 3. The average molecular weight is 484 g/mol. The number of thiazole rings is 1. The number of rotatable bonds is 8. The summed E-state index contributed by atoms with van der Waals surface area (Å²) < 4.78 is 36.0. The van der Waals surface area contributed by atoms with Gasteiger partial charge in [-0.15, -0.1) is 22.9 Å². The molecule has 1 aromatic rings. The fourth-order valence-electron chi connectivity index (χ4n) is 2.31. The van der Waals surface area contributed by atoms with Crippen LogP contribution in [-0.4, -0.2) is 83.8 Å². The maximum absolute atomic E-state index is 12.6. The van der Waals surface area contributed by atoms with Crippen LogP contribution in [0, 0.1) is 0 Å². The number of ether oxygens (including phenoxy) is 1. The summed E-state index contributed by atoms with van der Waals surface area (Å²) in [7, 11) is -3.01. The molecule has 164 valence electrons. The second-order valence-electron chi connectivity index (χ2n) is 5.37. The Bertz CT molecular complexity index is 1010. The lowest BCUT2D eigenvalue weighted by molar-refractivity contribution is -0.162. The third-order valence-electron chi connectivity index (χ3n) is 3.54. The van der Waals surface area contributed by atoms with Crippen LogP contribution in [0.3, 0.4) is 0 Å². The Morgan fingerprint density at radius 1 is 1.40 bits per heavy atom. The number of anilines is 1. The quantitative estimate of drug-likeness (QED) is 0.0961. The Morgan fingerprint density at radius 2 is 2.07 bits per heavy atom. The van der Waals surface area contributed by atoms with Crippen LogP contribution in [0.15, 0.2) is 10.5 Å². The molecule has 2 unspecified atom stereocenters. The van der Waals surface area contributed by atoms with Gasteiger partial charge in [0.2, 0.25) is 5.91 Å². The summed E-state index contributed by atoms with van der Waals surface area (Å²) >= 11 is 6.32. The molecule has 1 aliphatic rings. The number of esters is 1. The van der Waals surface area contributed by atoms with Crippen molar-refractivity contribution in [1.29, 1.82) is 0 Å². The smallest absolute Gasteiger partial charge is 0.363 e. The molecule has 0 aromatic carbocycles. The molecule has 1 fully saturated rings. The van der Waals surface area contributed by atoms with E-state index >= 15 is 0 Å². The zero-order chi connectivity index (χ0) is 22.6. The van der Waals surface area contributed by atoms with Gasteiger partial charge in [-0.3, -0.25) is 18.9 Å². The van der Waals surface area contributed by atoms with Crippen LogP contribution in [0.1, 0.15) is 5.69 Å². The zero-order valence-corrected chi connectivity index (χ0v) is 17.6. The molecular formula is C13H14ClN5O9S2. The largest absolute Gasteiger partial charge is 0.467 e. The molecule has 2 atom stereocenters. The van der Waals surface area contributed by atoms with Crippen LogP contribution >= 0.6 is 22.9 Å². The van der Waals surface area contributed by atoms with Gasteiger partial charge in [0.1, 0.15) is 24.7 Å². The second kappa shape index (κ2) is 9.33. The van der Waals surface area contributed by atoms with Gasteiger partial charge in [-0.1, -0.05) is 5.16 Å². The highest BCUT2D eigenvalue weighted by molar-refractivity contribution is 7.84. The summed E-state index contributed by atoms with van der Waals surface area (Å²) in [6.07, 6.45) is 0. The molecule has 30 heavy (non-hydrogen) atoms. The number of alkyl halides is 1. The maximum Gasteiger partial charge on any atom is 0.363 e. The lowest BCUT2D eigenvalue weighted by Gasteiger charge is -2.41. The molecule has 1 aromatic heterocycles. The fourth-order valence-corrected chi connectivity index (χ4v) is 3.92. The zero-order valence-electron chi connectivity index (χ0n) is 15.2. The van der Waals surface area contributed by atoms with Crippen molar-refractivity contribution in [2.45, 2.75) is 12.1 Å². The van der Waals surface area contributed by atoms with E-state index in [-0.39, 0.29) is 21.0 Å². The predicted octanol–water partition coefficient (Wildman–Crippen LogP) is -1.66. The third-order valence-corrected chi connectivity index (χ3v) is 5.45. The van der Waals surface area contributed by atoms with Gasteiger partial charge in [-0.05, 0) is 0 Å². The highest BCUT2D eigenvalue weighted by Gasteiger charge is 2.58. The first-order valence-electron chi connectivity index (χ1n) is 7.67. The van der Waals surface area contributed by atoms with Gasteiger partial charge >= 0.3 is 16.3 Å². The maximum atomic E-state index is 12.6. The summed E-state index contributed by atoms with van der Waals surface area (Å²) in [5, 5.41) is 9.42. The Labute approximate surface area is 178 Å². The first kappa shape index (κ1) is 23.5. The van der Waals surface area contributed by atoms with Gasteiger partial charge in [0.15, 0.2) is 16.9 Å². The lowest BCUT2D eigenvalue weighted by Crippen LogP contribution is -2.74. The van der Waals surface area contributed by atoms with E-state index in [1.54, 1.807) is 0 Å². The van der Waals surface area contributed by atoms with Crippen molar-refractivity contribution in [3.8, 4) is 0 Å². The topological polar surface area (TPSA) is 194 Å². The second-order valence-corrected chi connectivity index (χ2v) is 7.79. The van der Waals surface area contributed by atoms with E-state index in [4.69, 9.17) is 16.2 Å². The van der Waals surface area contributed by atoms with Gasteiger partial charge in [-0.25, -0.2) is 9.78 Å². The van der Waals surface area contributed by atoms with E-state index in [2.05, 4.69) is 30.3 Å². The van der Waals surface area contributed by atoms with Crippen LogP contribution in [0.2, 0.25) is 0 Å². The summed E-state index contributed by atoms with van der Waals surface area (Å²) in [5.41, 5.74) is -0.501. The number of nitrogens with zero attached hydrogens (tertiary/aromatic N) is 3. The lowest BCUT2D eigenvalue weighted by atomic mass is 9.98. The summed E-state index contributed by atoms with van der Waals surface area (Å²) in [6, 6.07) is -3.48. The number of halogens is 1. The number of carbonyl (C=O) groups is 4. The summed E-state index contributed by atoms with van der Waals surface area (Å²) in [5.74, 6) is -4.39. The summed E-state index contributed by atoms with van der Waals surface area (Å²) in [4.78, 5) is 56.4. The molecular weight excluding hydrogens is 470 g/mol. The van der Waals surface area contributed by atoms with E-state index in [1.807, 2.05) is 0 Å². The van der Waals surface area contributed by atoms with Crippen molar-refractivity contribution in [2.24, 2.45) is 5.16 Å². The molecule has 0 spiro atoms. The molecule has 2 rings (SSSR count). The van der Waals surface area contributed by atoms with Gasteiger partial charge in [-0.2, -0.15) is 12.7 Å². The minimum absolute atomic E-state index is 0.0581. The standard InChI is InChI=1S/C13H14ClN5O9S2/c1-27-12(23)9-8(11(22)19(9)30(24,25)26)17-10(21)7(18-28-2)5-4-29-13(15-5)16-6(20)3-14/h4,8-9H,3H2,1-2H3,(H,17,21)(H,15,16,20)(H,24,25,26)/b18-7+. The SMILES string of the molecule is CO/N=C(/C(=O)NC1C(=O)N(S(=O)(=O)O)C1C(=O)OC)c1csc(NC(=O)CCl)n1. The van der Waals surface area contributed by atoms with Crippen molar-refractivity contribution in [3.05, 3.63) is 11.1 Å². The molecule has 2 heterocycles. The molecule has 14 nitrogen and oxygen atoms in total. The highest BCUT2D eigenvalue weighted by Crippen LogP contribution is 2.25. The Hall–Kier alpha value is -2.82. The number of oxime groups is 1. The molecule has 0 radical (unpaired) electrons. The van der Waals surface area contributed by atoms with E-state index in [1.165, 1.54) is 5.38 Å². The number of methoxy groups -OCH3 is 1. The van der Waals surface area contributed by atoms with Gasteiger partial charge in [0, 0.05) is 5.38 Å². The van der Waals surface area contributed by atoms with E-state index < -0.39 is 51.8 Å². The third kappa shape index (κ3) is 4.84. The Kier molecular flexibility index (Phi) is 7.30. The molecule has 3 N–H and O–H groups in total. The van der Waals surface area contributed by atoms with E-state index in [0.29, 0.717) is 0 Å². The monoisotopic (exact) mass is 483 g/mol.